The molecular weight excluding hydrogens is 256 g/mol. The highest BCUT2D eigenvalue weighted by atomic mass is 16.5. The first-order valence-corrected chi connectivity index (χ1v) is 7.39. The van der Waals surface area contributed by atoms with E-state index in [1.807, 2.05) is 0 Å². The lowest BCUT2D eigenvalue weighted by atomic mass is 9.87. The first-order valence-electron chi connectivity index (χ1n) is 7.39. The molecule has 0 saturated carbocycles. The molecule has 1 aromatic heterocycles. The van der Waals surface area contributed by atoms with Crippen molar-refractivity contribution in [1.82, 2.24) is 9.55 Å². The van der Waals surface area contributed by atoms with Gasteiger partial charge >= 0.3 is 5.69 Å². The molecule has 112 valence electrons. The van der Waals surface area contributed by atoms with E-state index in [-0.39, 0.29) is 23.5 Å². The van der Waals surface area contributed by atoms with Gasteiger partial charge < -0.3 is 9.72 Å². The van der Waals surface area contributed by atoms with E-state index < -0.39 is 0 Å². The number of rotatable bonds is 4. The lowest BCUT2D eigenvalue weighted by Crippen LogP contribution is -2.35. The molecule has 4 atom stereocenters. The van der Waals surface area contributed by atoms with Crippen LogP contribution in [0.3, 0.4) is 0 Å². The molecule has 0 aromatic carbocycles. The Bertz CT molecular complexity index is 575. The first-order chi connectivity index (χ1) is 9.45. The van der Waals surface area contributed by atoms with Crippen molar-refractivity contribution in [2.75, 3.05) is 0 Å². The zero-order valence-corrected chi connectivity index (χ0v) is 12.7. The summed E-state index contributed by atoms with van der Waals surface area (Å²) in [5, 5.41) is 0. The average Bonchev–Trinajstić information content (AvgIpc) is 2.92. The van der Waals surface area contributed by atoms with Crippen LogP contribution < -0.4 is 11.2 Å². The van der Waals surface area contributed by atoms with Gasteiger partial charge in [0.2, 0.25) is 0 Å². The van der Waals surface area contributed by atoms with E-state index in [2.05, 4.69) is 25.8 Å². The maximum Gasteiger partial charge on any atom is 0.328 e. The van der Waals surface area contributed by atoms with Crippen LogP contribution in [0, 0.1) is 11.8 Å². The predicted molar refractivity (Wildman–Crippen MR) is 77.8 cm³/mol. The van der Waals surface area contributed by atoms with Gasteiger partial charge in [0.1, 0.15) is 0 Å². The molecule has 1 aromatic rings. The van der Waals surface area contributed by atoms with Crippen LogP contribution in [0.5, 0.6) is 0 Å². The lowest BCUT2D eigenvalue weighted by Gasteiger charge is -2.25. The Morgan fingerprint density at radius 2 is 2.10 bits per heavy atom. The highest BCUT2D eigenvalue weighted by Crippen LogP contribution is 2.36. The maximum atomic E-state index is 12.1. The summed E-state index contributed by atoms with van der Waals surface area (Å²) in [5.41, 5.74) is -0.0807. The summed E-state index contributed by atoms with van der Waals surface area (Å²) in [5.74, 6) is 1.09. The van der Waals surface area contributed by atoms with Gasteiger partial charge in [-0.1, -0.05) is 27.2 Å². The molecule has 3 unspecified atom stereocenters. The second kappa shape index (κ2) is 5.95. The number of hydrogen-bond acceptors (Lipinski definition) is 3. The van der Waals surface area contributed by atoms with Crippen molar-refractivity contribution in [2.45, 2.75) is 52.2 Å². The first kappa shape index (κ1) is 15.0. The van der Waals surface area contributed by atoms with E-state index in [4.69, 9.17) is 4.74 Å². The Balaban J connectivity index is 2.16. The van der Waals surface area contributed by atoms with Crippen LogP contribution in [0.4, 0.5) is 0 Å². The fourth-order valence-corrected chi connectivity index (χ4v) is 2.83. The van der Waals surface area contributed by atoms with Crippen LogP contribution in [-0.2, 0) is 11.8 Å². The molecule has 2 rings (SSSR count). The second-order valence-corrected chi connectivity index (χ2v) is 5.90. The molecule has 2 heterocycles. The Morgan fingerprint density at radius 3 is 2.75 bits per heavy atom. The summed E-state index contributed by atoms with van der Waals surface area (Å²) in [4.78, 5) is 26.1. The third kappa shape index (κ3) is 2.73. The molecular formula is C15H24N2O3. The summed E-state index contributed by atoms with van der Waals surface area (Å²) in [7, 11) is 1.49. The number of H-pyrrole nitrogens is 1. The Hall–Kier alpha value is -1.36. The third-order valence-corrected chi connectivity index (χ3v) is 4.73. The number of ether oxygens (including phenoxy) is 1. The number of hydrogen-bond donors (Lipinski definition) is 1. The maximum absolute atomic E-state index is 12.1. The number of nitrogens with zero attached hydrogens (tertiary/aromatic N) is 1. The molecule has 1 N–H and O–H groups in total. The van der Waals surface area contributed by atoms with Gasteiger partial charge in [-0.2, -0.15) is 0 Å². The van der Waals surface area contributed by atoms with Gasteiger partial charge in [0, 0.05) is 13.2 Å². The molecule has 1 aliphatic heterocycles. The smallest absolute Gasteiger partial charge is 0.328 e. The van der Waals surface area contributed by atoms with Crippen molar-refractivity contribution in [3.8, 4) is 0 Å². The van der Waals surface area contributed by atoms with Crippen molar-refractivity contribution < 1.29 is 4.74 Å². The fraction of sp³-hybridized carbons (Fsp3) is 0.733. The summed E-state index contributed by atoms with van der Waals surface area (Å²) < 4.78 is 7.17. The molecule has 0 aliphatic carbocycles. The van der Waals surface area contributed by atoms with Gasteiger partial charge in [-0.25, -0.2) is 4.79 Å². The van der Waals surface area contributed by atoms with Crippen molar-refractivity contribution in [2.24, 2.45) is 18.9 Å². The van der Waals surface area contributed by atoms with E-state index in [1.165, 1.54) is 13.2 Å². The van der Waals surface area contributed by atoms with E-state index >= 15 is 0 Å². The van der Waals surface area contributed by atoms with E-state index in [9.17, 15) is 9.59 Å². The minimum Gasteiger partial charge on any atom is -0.370 e. The molecule has 5 heteroatoms. The van der Waals surface area contributed by atoms with Crippen molar-refractivity contribution in [3.05, 3.63) is 32.6 Å². The lowest BCUT2D eigenvalue weighted by molar-refractivity contribution is -0.00110. The minimum absolute atomic E-state index is 0.193. The molecule has 0 spiro atoms. The van der Waals surface area contributed by atoms with Crippen molar-refractivity contribution in [1.29, 1.82) is 0 Å². The number of aromatic nitrogens is 2. The fourth-order valence-electron chi connectivity index (χ4n) is 2.83. The van der Waals surface area contributed by atoms with Crippen LogP contribution >= 0.6 is 0 Å². The largest absolute Gasteiger partial charge is 0.370 e. The van der Waals surface area contributed by atoms with E-state index in [0.717, 1.165) is 23.8 Å². The van der Waals surface area contributed by atoms with Gasteiger partial charge in [-0.15, -0.1) is 0 Å². The van der Waals surface area contributed by atoms with Crippen molar-refractivity contribution in [3.63, 3.8) is 0 Å². The van der Waals surface area contributed by atoms with E-state index in [0.29, 0.717) is 17.4 Å². The van der Waals surface area contributed by atoms with Crippen LogP contribution in [0.2, 0.25) is 0 Å². The van der Waals surface area contributed by atoms with Gasteiger partial charge in [-0.05, 0) is 24.7 Å². The van der Waals surface area contributed by atoms with Crippen molar-refractivity contribution >= 4 is 0 Å². The normalized spacial score (nSPS) is 25.6. The zero-order valence-electron chi connectivity index (χ0n) is 12.7. The Morgan fingerprint density at radius 1 is 1.40 bits per heavy atom. The van der Waals surface area contributed by atoms with Crippen LogP contribution in [-0.4, -0.2) is 15.7 Å². The molecule has 0 radical (unpaired) electrons. The highest BCUT2D eigenvalue weighted by molar-refractivity contribution is 5.10. The van der Waals surface area contributed by atoms with Crippen LogP contribution in [0.1, 0.15) is 51.7 Å². The molecule has 5 nitrogen and oxygen atoms in total. The number of nitrogens with one attached hydrogen (secondary N) is 1. The van der Waals surface area contributed by atoms with Crippen LogP contribution in [0.15, 0.2) is 15.8 Å². The molecule has 20 heavy (non-hydrogen) atoms. The average molecular weight is 280 g/mol. The third-order valence-electron chi connectivity index (χ3n) is 4.73. The van der Waals surface area contributed by atoms with Gasteiger partial charge in [-0.3, -0.25) is 9.36 Å². The SMILES string of the molecule is CCC(C)C(C)C1CC[C@H](c2c[nH]c(=O)n(C)c2=O)O1. The standard InChI is InChI=1S/C15H24N2O3/c1-5-9(2)10(3)12-6-7-13(20-12)11-8-16-15(19)17(4)14(11)18/h8-10,12-13H,5-7H2,1-4H3,(H,16,19)/t9?,10?,12?,13-/m1/s1. The highest BCUT2D eigenvalue weighted by Gasteiger charge is 2.33. The molecule has 1 fully saturated rings. The minimum atomic E-state index is -0.388. The monoisotopic (exact) mass is 280 g/mol. The zero-order chi connectivity index (χ0) is 14.9. The molecule has 1 aliphatic rings. The summed E-state index contributed by atoms with van der Waals surface area (Å²) in [6.07, 6.45) is 4.46. The van der Waals surface area contributed by atoms with Gasteiger partial charge in [0.25, 0.3) is 5.56 Å². The summed E-state index contributed by atoms with van der Waals surface area (Å²) in [6, 6.07) is 0. The van der Waals surface area contributed by atoms with E-state index in [1.54, 1.807) is 0 Å². The second-order valence-electron chi connectivity index (χ2n) is 5.90. The summed E-state index contributed by atoms with van der Waals surface area (Å²) >= 11 is 0. The Kier molecular flexibility index (Phi) is 4.48. The topological polar surface area (TPSA) is 64.1 Å². The molecule has 0 amide bonds. The molecule has 1 saturated heterocycles. The predicted octanol–water partition coefficient (Wildman–Crippen LogP) is 1.98. The summed E-state index contributed by atoms with van der Waals surface area (Å²) in [6.45, 7) is 6.64. The van der Waals surface area contributed by atoms with Gasteiger partial charge in [0.05, 0.1) is 17.8 Å². The number of aromatic amines is 1. The van der Waals surface area contributed by atoms with Gasteiger partial charge in [0.15, 0.2) is 0 Å². The quantitative estimate of drug-likeness (QED) is 0.917. The van der Waals surface area contributed by atoms with Crippen LogP contribution in [0.25, 0.3) is 0 Å². The molecule has 0 bridgehead atoms. The Labute approximate surface area is 119 Å².